The number of nitrogens with zero attached hydrogens (tertiary/aromatic N) is 1. The van der Waals surface area contributed by atoms with Crippen molar-refractivity contribution in [2.45, 2.75) is 9.79 Å². The molecule has 2 fully saturated rings. The van der Waals surface area contributed by atoms with Gasteiger partial charge in [-0.25, -0.2) is 8.42 Å². The molecule has 0 spiro atoms. The summed E-state index contributed by atoms with van der Waals surface area (Å²) < 4.78 is 26.9. The molecule has 0 bridgehead atoms. The van der Waals surface area contributed by atoms with E-state index in [-0.39, 0.29) is 0 Å². The van der Waals surface area contributed by atoms with Gasteiger partial charge in [0.1, 0.15) is 0 Å². The third-order valence-electron chi connectivity index (χ3n) is 4.12. The molecular formula is C13H17ClN2O2S2. The van der Waals surface area contributed by atoms with Gasteiger partial charge in [-0.3, -0.25) is 0 Å². The number of hydrogen-bond acceptors (Lipinski definition) is 4. The quantitative estimate of drug-likeness (QED) is 0.859. The van der Waals surface area contributed by atoms with Crippen molar-refractivity contribution in [1.82, 2.24) is 9.62 Å². The lowest BCUT2D eigenvalue weighted by atomic mass is 10.0. The summed E-state index contributed by atoms with van der Waals surface area (Å²) in [7, 11) is -3.42. The average molecular weight is 333 g/mol. The Morgan fingerprint density at radius 1 is 1.30 bits per heavy atom. The molecule has 4 nitrogen and oxygen atoms in total. The number of thioether (sulfide) groups is 1. The normalized spacial score (nSPS) is 26.9. The molecule has 2 aliphatic rings. The fourth-order valence-electron chi connectivity index (χ4n) is 2.97. The third-order valence-corrected chi connectivity index (χ3v) is 7.17. The molecule has 0 saturated carbocycles. The first-order valence-electron chi connectivity index (χ1n) is 6.57. The molecule has 1 N–H and O–H groups in total. The summed E-state index contributed by atoms with van der Waals surface area (Å²) in [4.78, 5) is 1.20. The van der Waals surface area contributed by atoms with E-state index in [4.69, 9.17) is 11.6 Å². The zero-order chi connectivity index (χ0) is 14.3. The second kappa shape index (κ2) is 5.50. The Morgan fingerprint density at radius 3 is 2.50 bits per heavy atom. The van der Waals surface area contributed by atoms with Crippen LogP contribution < -0.4 is 5.32 Å². The molecule has 7 heteroatoms. The molecule has 110 valence electrons. The van der Waals surface area contributed by atoms with Crippen molar-refractivity contribution in [3.63, 3.8) is 0 Å². The van der Waals surface area contributed by atoms with E-state index in [0.717, 1.165) is 18.0 Å². The van der Waals surface area contributed by atoms with Gasteiger partial charge in [-0.05, 0) is 49.4 Å². The maximum absolute atomic E-state index is 12.7. The Labute approximate surface area is 128 Å². The summed E-state index contributed by atoms with van der Waals surface area (Å²) in [5.41, 5.74) is 0. The number of fused-ring (bicyclic) bond motifs is 1. The van der Waals surface area contributed by atoms with Crippen LogP contribution in [-0.2, 0) is 10.0 Å². The molecule has 2 saturated heterocycles. The number of rotatable bonds is 3. The fourth-order valence-corrected chi connectivity index (χ4v) is 5.48. The van der Waals surface area contributed by atoms with Crippen molar-refractivity contribution in [1.29, 1.82) is 0 Å². The van der Waals surface area contributed by atoms with Gasteiger partial charge in [0.05, 0.1) is 9.92 Å². The van der Waals surface area contributed by atoms with Gasteiger partial charge in [-0.1, -0.05) is 11.6 Å². The number of sulfonamides is 1. The molecular weight excluding hydrogens is 316 g/mol. The van der Waals surface area contributed by atoms with Crippen LogP contribution in [0.15, 0.2) is 28.0 Å². The van der Waals surface area contributed by atoms with Crippen LogP contribution in [0.3, 0.4) is 0 Å². The lowest BCUT2D eigenvalue weighted by Crippen LogP contribution is -2.31. The zero-order valence-corrected chi connectivity index (χ0v) is 13.6. The van der Waals surface area contributed by atoms with Gasteiger partial charge in [0, 0.05) is 18.0 Å². The van der Waals surface area contributed by atoms with Crippen molar-refractivity contribution >= 4 is 33.4 Å². The second-order valence-corrected chi connectivity index (χ2v) is 8.49. The van der Waals surface area contributed by atoms with Crippen LogP contribution >= 0.6 is 23.4 Å². The Bertz CT molecular complexity index is 609. The van der Waals surface area contributed by atoms with Gasteiger partial charge in [0.2, 0.25) is 10.0 Å². The van der Waals surface area contributed by atoms with Crippen molar-refractivity contribution in [3.05, 3.63) is 23.2 Å². The summed E-state index contributed by atoms with van der Waals surface area (Å²) in [5, 5.41) is 3.81. The first-order valence-corrected chi connectivity index (χ1v) is 9.61. The van der Waals surface area contributed by atoms with Gasteiger partial charge < -0.3 is 5.32 Å². The zero-order valence-electron chi connectivity index (χ0n) is 11.2. The van der Waals surface area contributed by atoms with E-state index in [0.29, 0.717) is 34.8 Å². The molecule has 2 atom stereocenters. The number of hydrogen-bond donors (Lipinski definition) is 1. The van der Waals surface area contributed by atoms with E-state index in [1.54, 1.807) is 22.5 Å². The first-order chi connectivity index (χ1) is 9.52. The van der Waals surface area contributed by atoms with Gasteiger partial charge in [0.15, 0.2) is 0 Å². The summed E-state index contributed by atoms with van der Waals surface area (Å²) in [5.74, 6) is 0.899. The molecule has 3 rings (SSSR count). The van der Waals surface area contributed by atoms with E-state index >= 15 is 0 Å². The Hall–Kier alpha value is -0.270. The second-order valence-electron chi connectivity index (χ2n) is 5.30. The SMILES string of the molecule is CSc1ccc(S(=O)(=O)N2C[C@H]3CNC[C@H]3C2)cc1Cl. The molecule has 0 unspecified atom stereocenters. The summed E-state index contributed by atoms with van der Waals surface area (Å²) in [6, 6.07) is 4.99. The Morgan fingerprint density at radius 2 is 1.95 bits per heavy atom. The van der Waals surface area contributed by atoms with Crippen LogP contribution in [-0.4, -0.2) is 45.2 Å². The monoisotopic (exact) mass is 332 g/mol. The summed E-state index contributed by atoms with van der Waals surface area (Å²) in [6.07, 6.45) is 1.92. The van der Waals surface area contributed by atoms with E-state index in [1.165, 1.54) is 11.8 Å². The smallest absolute Gasteiger partial charge is 0.243 e. The predicted octanol–water partition coefficient (Wildman–Crippen LogP) is 1.90. The standard InChI is InChI=1S/C13H17ClN2O2S2/c1-19-13-3-2-11(4-12(13)14)20(17,18)16-7-9-5-15-6-10(9)8-16/h2-4,9-10,15H,5-8H2,1H3/t9-,10+. The average Bonchev–Trinajstić information content (AvgIpc) is 2.99. The third kappa shape index (κ3) is 2.48. The highest BCUT2D eigenvalue weighted by molar-refractivity contribution is 7.98. The predicted molar refractivity (Wildman–Crippen MR) is 81.8 cm³/mol. The molecule has 0 radical (unpaired) electrons. The van der Waals surface area contributed by atoms with E-state index in [2.05, 4.69) is 5.32 Å². The number of nitrogens with one attached hydrogen (secondary N) is 1. The Balaban J connectivity index is 1.87. The van der Waals surface area contributed by atoms with Crippen LogP contribution in [0.1, 0.15) is 0 Å². The highest BCUT2D eigenvalue weighted by Gasteiger charge is 2.41. The minimum absolute atomic E-state index is 0.299. The Kier molecular flexibility index (Phi) is 4.03. The van der Waals surface area contributed by atoms with Crippen LogP contribution in [0.4, 0.5) is 0 Å². The van der Waals surface area contributed by atoms with Gasteiger partial charge >= 0.3 is 0 Å². The lowest BCUT2D eigenvalue weighted by molar-refractivity contribution is 0.448. The highest BCUT2D eigenvalue weighted by Crippen LogP contribution is 2.33. The largest absolute Gasteiger partial charge is 0.316 e. The van der Waals surface area contributed by atoms with E-state index in [1.807, 2.05) is 6.26 Å². The first kappa shape index (κ1) is 14.7. The molecule has 0 aliphatic carbocycles. The maximum Gasteiger partial charge on any atom is 0.243 e. The van der Waals surface area contributed by atoms with E-state index in [9.17, 15) is 8.42 Å². The van der Waals surface area contributed by atoms with Crippen molar-refractivity contribution < 1.29 is 8.42 Å². The van der Waals surface area contributed by atoms with Crippen molar-refractivity contribution in [2.75, 3.05) is 32.4 Å². The van der Waals surface area contributed by atoms with Gasteiger partial charge in [-0.2, -0.15) is 4.31 Å². The molecule has 20 heavy (non-hydrogen) atoms. The number of benzene rings is 1. The summed E-state index contributed by atoms with van der Waals surface area (Å²) >= 11 is 7.64. The molecule has 0 aromatic heterocycles. The van der Waals surface area contributed by atoms with Crippen molar-refractivity contribution in [2.24, 2.45) is 11.8 Å². The van der Waals surface area contributed by atoms with Crippen LogP contribution in [0.25, 0.3) is 0 Å². The molecule has 0 amide bonds. The molecule has 1 aromatic rings. The fraction of sp³-hybridized carbons (Fsp3) is 0.538. The van der Waals surface area contributed by atoms with Gasteiger partial charge in [-0.15, -0.1) is 11.8 Å². The topological polar surface area (TPSA) is 49.4 Å². The van der Waals surface area contributed by atoms with E-state index < -0.39 is 10.0 Å². The minimum atomic E-state index is -3.42. The van der Waals surface area contributed by atoms with Gasteiger partial charge in [0.25, 0.3) is 0 Å². The van der Waals surface area contributed by atoms with Crippen molar-refractivity contribution in [3.8, 4) is 0 Å². The molecule has 2 aliphatic heterocycles. The lowest BCUT2D eigenvalue weighted by Gasteiger charge is -2.18. The highest BCUT2D eigenvalue weighted by atomic mass is 35.5. The number of halogens is 1. The molecule has 1 aromatic carbocycles. The van der Waals surface area contributed by atoms with Crippen LogP contribution in [0.5, 0.6) is 0 Å². The molecule has 2 heterocycles. The van der Waals surface area contributed by atoms with Crippen LogP contribution in [0, 0.1) is 11.8 Å². The maximum atomic E-state index is 12.7. The summed E-state index contributed by atoms with van der Waals surface area (Å²) in [6.45, 7) is 3.06. The minimum Gasteiger partial charge on any atom is -0.316 e. The van der Waals surface area contributed by atoms with Crippen LogP contribution in [0.2, 0.25) is 5.02 Å².